The van der Waals surface area contributed by atoms with Crippen molar-refractivity contribution in [1.82, 2.24) is 0 Å². The van der Waals surface area contributed by atoms with Crippen LogP contribution in [-0.2, 0) is 4.74 Å². The minimum absolute atomic E-state index is 0.0864. The van der Waals surface area contributed by atoms with Crippen LogP contribution in [0.15, 0.2) is 54.6 Å². The maximum atomic E-state index is 9.42. The number of aliphatic hydroxyl groups excluding tert-OH is 1. The van der Waals surface area contributed by atoms with Crippen molar-refractivity contribution in [2.24, 2.45) is 0 Å². The van der Waals surface area contributed by atoms with E-state index in [4.69, 9.17) is 14.2 Å². The first-order valence-corrected chi connectivity index (χ1v) is 7.09. The predicted molar refractivity (Wildman–Crippen MR) is 87.2 cm³/mol. The van der Waals surface area contributed by atoms with Gasteiger partial charge in [-0.3, -0.25) is 0 Å². The summed E-state index contributed by atoms with van der Waals surface area (Å²) in [6.45, 7) is 0.0864. The molecule has 2 aromatic rings. The molecule has 2 rings (SSSR count). The normalized spacial score (nSPS) is 11.6. The fraction of sp³-hybridized carbons (Fsp3) is 0.222. The lowest BCUT2D eigenvalue weighted by atomic mass is 9.96. The third-order valence-electron chi connectivity index (χ3n) is 3.21. The smallest absolute Gasteiger partial charge is 0.188 e. The van der Waals surface area contributed by atoms with E-state index in [9.17, 15) is 10.2 Å². The number of aliphatic hydroxyl groups is 2. The first-order chi connectivity index (χ1) is 11.2. The molecule has 0 heterocycles. The van der Waals surface area contributed by atoms with Crippen LogP contribution in [0.5, 0.6) is 11.5 Å². The molecular weight excluding hydrogens is 296 g/mol. The van der Waals surface area contributed by atoms with E-state index in [0.29, 0.717) is 22.6 Å². The van der Waals surface area contributed by atoms with E-state index in [1.807, 2.05) is 30.3 Å². The third kappa shape index (κ3) is 4.56. The summed E-state index contributed by atoms with van der Waals surface area (Å²) < 4.78 is 15.8. The van der Waals surface area contributed by atoms with E-state index in [-0.39, 0.29) is 6.79 Å². The molecule has 0 aromatic heterocycles. The average molecular weight is 316 g/mol. The van der Waals surface area contributed by atoms with Crippen molar-refractivity contribution in [1.29, 1.82) is 0 Å². The van der Waals surface area contributed by atoms with Gasteiger partial charge in [0.1, 0.15) is 11.5 Å². The molecular formula is C18H20O5. The second-order valence-electron chi connectivity index (χ2n) is 4.77. The standard InChI is InChI=1S/C18H20O5/c1-21-12-23-17-9-8-14(22-2)10-16(17)15(11-18(19)20)13-6-4-3-5-7-13/h3-11,18-20H,12H2,1-2H3/b15-11+. The van der Waals surface area contributed by atoms with Crippen LogP contribution in [0.25, 0.3) is 5.57 Å². The second kappa shape index (κ2) is 8.33. The zero-order valence-electron chi connectivity index (χ0n) is 13.1. The van der Waals surface area contributed by atoms with Gasteiger partial charge >= 0.3 is 0 Å². The molecule has 0 bridgehead atoms. The van der Waals surface area contributed by atoms with Crippen LogP contribution in [0.1, 0.15) is 11.1 Å². The highest BCUT2D eigenvalue weighted by atomic mass is 16.7. The lowest BCUT2D eigenvalue weighted by Gasteiger charge is -2.16. The van der Waals surface area contributed by atoms with Gasteiger partial charge in [0.2, 0.25) is 0 Å². The minimum Gasteiger partial charge on any atom is -0.497 e. The molecule has 0 aliphatic carbocycles. The van der Waals surface area contributed by atoms with Gasteiger partial charge in [-0.15, -0.1) is 0 Å². The van der Waals surface area contributed by atoms with Crippen LogP contribution in [0, 0.1) is 0 Å². The minimum atomic E-state index is -1.59. The number of benzene rings is 2. The van der Waals surface area contributed by atoms with Crippen LogP contribution < -0.4 is 9.47 Å². The molecule has 2 aromatic carbocycles. The molecule has 0 aliphatic heterocycles. The molecule has 5 heteroatoms. The summed E-state index contributed by atoms with van der Waals surface area (Å²) in [4.78, 5) is 0. The molecule has 0 saturated heterocycles. The Kier molecular flexibility index (Phi) is 6.17. The molecule has 0 unspecified atom stereocenters. The van der Waals surface area contributed by atoms with Crippen LogP contribution in [-0.4, -0.2) is 37.5 Å². The number of methoxy groups -OCH3 is 2. The summed E-state index contributed by atoms with van der Waals surface area (Å²) in [6.07, 6.45) is -0.240. The summed E-state index contributed by atoms with van der Waals surface area (Å²) in [6, 6.07) is 14.7. The lowest BCUT2D eigenvalue weighted by Crippen LogP contribution is -2.05. The Morgan fingerprint density at radius 2 is 1.83 bits per heavy atom. The average Bonchev–Trinajstić information content (AvgIpc) is 2.58. The number of rotatable bonds is 7. The topological polar surface area (TPSA) is 68.2 Å². The van der Waals surface area contributed by atoms with E-state index in [2.05, 4.69) is 0 Å². The molecule has 5 nitrogen and oxygen atoms in total. The molecule has 0 radical (unpaired) electrons. The second-order valence-corrected chi connectivity index (χ2v) is 4.77. The van der Waals surface area contributed by atoms with Gasteiger partial charge in [-0.05, 0) is 35.4 Å². The highest BCUT2D eigenvalue weighted by Gasteiger charge is 2.14. The van der Waals surface area contributed by atoms with Crippen LogP contribution in [0.2, 0.25) is 0 Å². The van der Waals surface area contributed by atoms with Crippen molar-refractivity contribution < 1.29 is 24.4 Å². The molecule has 0 spiro atoms. The Morgan fingerprint density at radius 1 is 1.09 bits per heavy atom. The van der Waals surface area contributed by atoms with Crippen molar-refractivity contribution in [2.45, 2.75) is 6.29 Å². The third-order valence-corrected chi connectivity index (χ3v) is 3.21. The molecule has 0 atom stereocenters. The van der Waals surface area contributed by atoms with Crippen molar-refractivity contribution >= 4 is 5.57 Å². The number of hydrogen-bond donors (Lipinski definition) is 2. The van der Waals surface area contributed by atoms with Crippen molar-refractivity contribution in [3.05, 3.63) is 65.7 Å². The fourth-order valence-electron chi connectivity index (χ4n) is 2.20. The summed E-state index contributed by atoms with van der Waals surface area (Å²) in [7, 11) is 3.11. The SMILES string of the molecule is COCOc1ccc(OC)cc1/C(=C/C(O)O)c1ccccc1. The summed E-state index contributed by atoms with van der Waals surface area (Å²) >= 11 is 0. The van der Waals surface area contributed by atoms with Crippen molar-refractivity contribution in [2.75, 3.05) is 21.0 Å². The molecule has 0 amide bonds. The zero-order valence-corrected chi connectivity index (χ0v) is 13.1. The first kappa shape index (κ1) is 17.0. The molecule has 0 saturated carbocycles. The predicted octanol–water partition coefficient (Wildman–Crippen LogP) is 2.42. The van der Waals surface area contributed by atoms with E-state index < -0.39 is 6.29 Å². The fourth-order valence-corrected chi connectivity index (χ4v) is 2.20. The Balaban J connectivity index is 2.56. The first-order valence-electron chi connectivity index (χ1n) is 7.09. The van der Waals surface area contributed by atoms with Gasteiger partial charge in [0.15, 0.2) is 13.1 Å². The molecule has 0 fully saturated rings. The zero-order chi connectivity index (χ0) is 16.7. The lowest BCUT2D eigenvalue weighted by molar-refractivity contribution is 0.00279. The van der Waals surface area contributed by atoms with Gasteiger partial charge in [0.05, 0.1) is 7.11 Å². The van der Waals surface area contributed by atoms with Crippen LogP contribution in [0.3, 0.4) is 0 Å². The van der Waals surface area contributed by atoms with Crippen LogP contribution in [0.4, 0.5) is 0 Å². The van der Waals surface area contributed by atoms with Crippen molar-refractivity contribution in [3.8, 4) is 11.5 Å². The van der Waals surface area contributed by atoms with Gasteiger partial charge in [-0.1, -0.05) is 30.3 Å². The van der Waals surface area contributed by atoms with E-state index >= 15 is 0 Å². The molecule has 0 aliphatic rings. The van der Waals surface area contributed by atoms with Gasteiger partial charge in [0, 0.05) is 12.7 Å². The van der Waals surface area contributed by atoms with Gasteiger partial charge in [-0.25, -0.2) is 0 Å². The van der Waals surface area contributed by atoms with E-state index in [1.165, 1.54) is 13.2 Å². The Morgan fingerprint density at radius 3 is 2.43 bits per heavy atom. The maximum Gasteiger partial charge on any atom is 0.188 e. The van der Waals surface area contributed by atoms with E-state index in [1.54, 1.807) is 25.3 Å². The maximum absolute atomic E-state index is 9.42. The molecule has 122 valence electrons. The Labute approximate surface area is 135 Å². The van der Waals surface area contributed by atoms with E-state index in [0.717, 1.165) is 5.56 Å². The van der Waals surface area contributed by atoms with Gasteiger partial charge < -0.3 is 24.4 Å². The summed E-state index contributed by atoms with van der Waals surface area (Å²) in [5.74, 6) is 1.20. The van der Waals surface area contributed by atoms with Crippen LogP contribution >= 0.6 is 0 Å². The van der Waals surface area contributed by atoms with Gasteiger partial charge in [0.25, 0.3) is 0 Å². The summed E-state index contributed by atoms with van der Waals surface area (Å²) in [5, 5.41) is 18.8. The Hall–Kier alpha value is -2.34. The molecule has 2 N–H and O–H groups in total. The highest BCUT2D eigenvalue weighted by molar-refractivity contribution is 5.83. The van der Waals surface area contributed by atoms with Gasteiger partial charge in [-0.2, -0.15) is 0 Å². The number of ether oxygens (including phenoxy) is 3. The largest absolute Gasteiger partial charge is 0.497 e. The quantitative estimate of drug-likeness (QED) is 0.768. The van der Waals surface area contributed by atoms with Crippen molar-refractivity contribution in [3.63, 3.8) is 0 Å². The molecule has 23 heavy (non-hydrogen) atoms. The Bertz CT molecular complexity index is 650. The number of hydrogen-bond acceptors (Lipinski definition) is 5. The monoisotopic (exact) mass is 316 g/mol. The highest BCUT2D eigenvalue weighted by Crippen LogP contribution is 2.34. The summed E-state index contributed by atoms with van der Waals surface area (Å²) in [5.41, 5.74) is 2.14.